The number of halogens is 3. The molecule has 78 valence electrons. The molecule has 0 aliphatic heterocycles. The SMILES string of the molecule is CCC(CCl)Cc1cccc(F)c1Br. The molecule has 1 aromatic rings. The monoisotopic (exact) mass is 278 g/mol. The number of hydrogen-bond donors (Lipinski definition) is 0. The molecule has 0 saturated heterocycles. The quantitative estimate of drug-likeness (QED) is 0.717. The van der Waals surface area contributed by atoms with Crippen LogP contribution in [-0.2, 0) is 6.42 Å². The van der Waals surface area contributed by atoms with Crippen molar-refractivity contribution in [1.82, 2.24) is 0 Å². The average molecular weight is 280 g/mol. The number of rotatable bonds is 4. The molecule has 1 rings (SSSR count). The van der Waals surface area contributed by atoms with E-state index in [1.54, 1.807) is 6.07 Å². The minimum Gasteiger partial charge on any atom is -0.206 e. The lowest BCUT2D eigenvalue weighted by molar-refractivity contribution is 0.558. The third-order valence-corrected chi connectivity index (χ3v) is 3.66. The molecule has 0 radical (unpaired) electrons. The van der Waals surface area contributed by atoms with Crippen LogP contribution in [0, 0.1) is 11.7 Å². The molecule has 14 heavy (non-hydrogen) atoms. The van der Waals surface area contributed by atoms with Gasteiger partial charge in [-0.25, -0.2) is 4.39 Å². The zero-order chi connectivity index (χ0) is 10.6. The van der Waals surface area contributed by atoms with Crippen LogP contribution in [0.15, 0.2) is 22.7 Å². The van der Waals surface area contributed by atoms with Crippen molar-refractivity contribution in [3.05, 3.63) is 34.1 Å². The van der Waals surface area contributed by atoms with E-state index in [0.717, 1.165) is 18.4 Å². The number of alkyl halides is 1. The van der Waals surface area contributed by atoms with Gasteiger partial charge in [0.05, 0.1) is 4.47 Å². The van der Waals surface area contributed by atoms with Gasteiger partial charge >= 0.3 is 0 Å². The Morgan fingerprint density at radius 2 is 2.21 bits per heavy atom. The second-order valence-electron chi connectivity index (χ2n) is 3.35. The lowest BCUT2D eigenvalue weighted by Crippen LogP contribution is -2.05. The van der Waals surface area contributed by atoms with Crippen molar-refractivity contribution < 1.29 is 4.39 Å². The highest BCUT2D eigenvalue weighted by molar-refractivity contribution is 9.10. The zero-order valence-electron chi connectivity index (χ0n) is 8.06. The summed E-state index contributed by atoms with van der Waals surface area (Å²) in [6, 6.07) is 5.12. The molecular weight excluding hydrogens is 266 g/mol. The van der Waals surface area contributed by atoms with Crippen LogP contribution in [0.1, 0.15) is 18.9 Å². The maximum Gasteiger partial charge on any atom is 0.137 e. The molecule has 0 aliphatic rings. The minimum absolute atomic E-state index is 0.202. The smallest absolute Gasteiger partial charge is 0.137 e. The fraction of sp³-hybridized carbons (Fsp3) is 0.455. The summed E-state index contributed by atoms with van der Waals surface area (Å²) in [6.45, 7) is 2.10. The van der Waals surface area contributed by atoms with Gasteiger partial charge in [0.2, 0.25) is 0 Å². The molecule has 0 heterocycles. The third kappa shape index (κ3) is 2.96. The first-order chi connectivity index (χ1) is 6.69. The van der Waals surface area contributed by atoms with Crippen LogP contribution in [0.25, 0.3) is 0 Å². The molecule has 1 unspecified atom stereocenters. The fourth-order valence-corrected chi connectivity index (χ4v) is 2.08. The predicted octanol–water partition coefficient (Wildman–Crippen LogP) is 4.40. The largest absolute Gasteiger partial charge is 0.206 e. The summed E-state index contributed by atoms with van der Waals surface area (Å²) in [5.74, 6) is 0.848. The van der Waals surface area contributed by atoms with Crippen molar-refractivity contribution in [2.75, 3.05) is 5.88 Å². The molecule has 0 N–H and O–H groups in total. The highest BCUT2D eigenvalue weighted by Gasteiger charge is 2.10. The maximum absolute atomic E-state index is 13.2. The van der Waals surface area contributed by atoms with Crippen molar-refractivity contribution in [3.63, 3.8) is 0 Å². The average Bonchev–Trinajstić information content (AvgIpc) is 2.20. The Kier molecular flexibility index (Phi) is 4.90. The molecule has 1 atom stereocenters. The Morgan fingerprint density at radius 3 is 2.79 bits per heavy atom. The lowest BCUT2D eigenvalue weighted by Gasteiger charge is -2.12. The predicted molar refractivity (Wildman–Crippen MR) is 62.3 cm³/mol. The molecule has 0 amide bonds. The topological polar surface area (TPSA) is 0 Å². The van der Waals surface area contributed by atoms with Gasteiger partial charge in [0.25, 0.3) is 0 Å². The van der Waals surface area contributed by atoms with Gasteiger partial charge in [0, 0.05) is 5.88 Å². The second kappa shape index (κ2) is 5.72. The number of hydrogen-bond acceptors (Lipinski definition) is 0. The van der Waals surface area contributed by atoms with Gasteiger partial charge < -0.3 is 0 Å². The van der Waals surface area contributed by atoms with Gasteiger partial charge in [-0.05, 0) is 39.9 Å². The normalized spacial score (nSPS) is 12.9. The first-order valence-corrected chi connectivity index (χ1v) is 6.00. The Bertz CT molecular complexity index is 297. The summed E-state index contributed by atoms with van der Waals surface area (Å²) in [5.41, 5.74) is 0.998. The van der Waals surface area contributed by atoms with Gasteiger partial charge in [-0.2, -0.15) is 0 Å². The van der Waals surface area contributed by atoms with E-state index in [1.165, 1.54) is 6.07 Å². The second-order valence-corrected chi connectivity index (χ2v) is 4.45. The van der Waals surface area contributed by atoms with E-state index < -0.39 is 0 Å². The molecule has 1 aromatic carbocycles. The first-order valence-electron chi connectivity index (χ1n) is 4.67. The fourth-order valence-electron chi connectivity index (χ4n) is 1.33. The van der Waals surface area contributed by atoms with Crippen molar-refractivity contribution in [2.45, 2.75) is 19.8 Å². The molecular formula is C11H13BrClF. The van der Waals surface area contributed by atoms with Crippen LogP contribution in [0.5, 0.6) is 0 Å². The standard InChI is InChI=1S/C11H13BrClF/c1-2-8(7-13)6-9-4-3-5-10(14)11(9)12/h3-5,8H,2,6-7H2,1H3. The summed E-state index contributed by atoms with van der Waals surface area (Å²) in [6.07, 6.45) is 1.85. The molecule has 3 heteroatoms. The van der Waals surface area contributed by atoms with Crippen molar-refractivity contribution >= 4 is 27.5 Å². The van der Waals surface area contributed by atoms with Crippen LogP contribution >= 0.6 is 27.5 Å². The summed E-state index contributed by atoms with van der Waals surface area (Å²) < 4.78 is 13.7. The van der Waals surface area contributed by atoms with Crippen molar-refractivity contribution in [1.29, 1.82) is 0 Å². The van der Waals surface area contributed by atoms with E-state index >= 15 is 0 Å². The summed E-state index contributed by atoms with van der Waals surface area (Å²) in [4.78, 5) is 0. The molecule has 0 aromatic heterocycles. The maximum atomic E-state index is 13.2. The van der Waals surface area contributed by atoms with E-state index in [1.807, 2.05) is 6.07 Å². The minimum atomic E-state index is -0.202. The Labute approximate surface area is 97.6 Å². The van der Waals surface area contributed by atoms with E-state index in [0.29, 0.717) is 16.3 Å². The Hall–Kier alpha value is -0.0800. The van der Waals surface area contributed by atoms with Gasteiger partial charge in [0.15, 0.2) is 0 Å². The summed E-state index contributed by atoms with van der Waals surface area (Å²) in [5, 5.41) is 0. The van der Waals surface area contributed by atoms with Crippen LogP contribution in [0.2, 0.25) is 0 Å². The van der Waals surface area contributed by atoms with Crippen LogP contribution in [0.4, 0.5) is 4.39 Å². The van der Waals surface area contributed by atoms with Crippen LogP contribution in [0.3, 0.4) is 0 Å². The van der Waals surface area contributed by atoms with Gasteiger partial charge in [-0.15, -0.1) is 11.6 Å². The lowest BCUT2D eigenvalue weighted by atomic mass is 9.99. The molecule has 0 aliphatic carbocycles. The Balaban J connectivity index is 2.80. The Morgan fingerprint density at radius 1 is 1.50 bits per heavy atom. The van der Waals surface area contributed by atoms with E-state index in [-0.39, 0.29) is 5.82 Å². The third-order valence-electron chi connectivity index (χ3n) is 2.34. The molecule has 0 fully saturated rings. The highest BCUT2D eigenvalue weighted by Crippen LogP contribution is 2.24. The molecule has 0 spiro atoms. The van der Waals surface area contributed by atoms with Crippen molar-refractivity contribution in [2.24, 2.45) is 5.92 Å². The van der Waals surface area contributed by atoms with Crippen LogP contribution < -0.4 is 0 Å². The molecule has 0 saturated carbocycles. The van der Waals surface area contributed by atoms with Gasteiger partial charge in [-0.1, -0.05) is 25.5 Å². The van der Waals surface area contributed by atoms with E-state index in [9.17, 15) is 4.39 Å². The van der Waals surface area contributed by atoms with E-state index in [2.05, 4.69) is 22.9 Å². The van der Waals surface area contributed by atoms with Gasteiger partial charge in [-0.3, -0.25) is 0 Å². The number of benzene rings is 1. The van der Waals surface area contributed by atoms with Crippen LogP contribution in [-0.4, -0.2) is 5.88 Å². The first kappa shape index (κ1) is 12.0. The van der Waals surface area contributed by atoms with E-state index in [4.69, 9.17) is 11.6 Å². The van der Waals surface area contributed by atoms with Gasteiger partial charge in [0.1, 0.15) is 5.82 Å². The summed E-state index contributed by atoms with van der Waals surface area (Å²) in [7, 11) is 0. The summed E-state index contributed by atoms with van der Waals surface area (Å²) >= 11 is 9.05. The van der Waals surface area contributed by atoms with Crippen molar-refractivity contribution in [3.8, 4) is 0 Å². The zero-order valence-corrected chi connectivity index (χ0v) is 10.4. The molecule has 0 bridgehead atoms. The molecule has 0 nitrogen and oxygen atoms in total. The highest BCUT2D eigenvalue weighted by atomic mass is 79.9.